The van der Waals surface area contributed by atoms with Crippen molar-refractivity contribution in [2.45, 2.75) is 12.0 Å². The van der Waals surface area contributed by atoms with Gasteiger partial charge in [-0.1, -0.05) is 0 Å². The number of aromatic nitrogens is 1. The molecular weight excluding hydrogens is 254 g/mol. The van der Waals surface area contributed by atoms with Gasteiger partial charge in [0.05, 0.1) is 6.61 Å². The van der Waals surface area contributed by atoms with Crippen molar-refractivity contribution < 1.29 is 9.47 Å². The van der Waals surface area contributed by atoms with E-state index in [9.17, 15) is 0 Å². The van der Waals surface area contributed by atoms with Crippen LogP contribution in [0.5, 0.6) is 0 Å². The largest absolute Gasteiger partial charge is 0.398 e. The minimum Gasteiger partial charge on any atom is -0.398 e. The zero-order valence-electron chi connectivity index (χ0n) is 11.6. The molecule has 1 fully saturated rings. The Balaban J connectivity index is 1.86. The van der Waals surface area contributed by atoms with Gasteiger partial charge in [0, 0.05) is 61.2 Å². The number of benzene rings is 1. The van der Waals surface area contributed by atoms with E-state index in [1.807, 2.05) is 18.2 Å². The molecule has 0 aliphatic carbocycles. The van der Waals surface area contributed by atoms with Gasteiger partial charge in [0.15, 0.2) is 0 Å². The fourth-order valence-corrected chi connectivity index (χ4v) is 2.58. The summed E-state index contributed by atoms with van der Waals surface area (Å²) in [6.07, 6.45) is 4.48. The lowest BCUT2D eigenvalue weighted by molar-refractivity contribution is -0.00617. The lowest BCUT2D eigenvalue weighted by Gasteiger charge is -2.26. The van der Waals surface area contributed by atoms with Gasteiger partial charge in [-0.15, -0.1) is 0 Å². The number of anilines is 2. The van der Waals surface area contributed by atoms with Gasteiger partial charge < -0.3 is 20.5 Å². The summed E-state index contributed by atoms with van der Waals surface area (Å²) in [7, 11) is 1.74. The lowest BCUT2D eigenvalue weighted by atomic mass is 10.0. The van der Waals surface area contributed by atoms with E-state index in [0.717, 1.165) is 35.2 Å². The second-order valence-electron chi connectivity index (χ2n) is 5.17. The highest BCUT2D eigenvalue weighted by molar-refractivity contribution is 6.00. The monoisotopic (exact) mass is 273 g/mol. The van der Waals surface area contributed by atoms with Crippen LogP contribution in [0.1, 0.15) is 6.42 Å². The van der Waals surface area contributed by atoms with Crippen LogP contribution in [0.25, 0.3) is 10.8 Å². The van der Waals surface area contributed by atoms with Gasteiger partial charge >= 0.3 is 0 Å². The molecule has 1 atom stereocenters. The number of nitrogens with zero attached hydrogens (tertiary/aromatic N) is 1. The zero-order chi connectivity index (χ0) is 14.0. The average Bonchev–Trinajstić information content (AvgIpc) is 2.96. The van der Waals surface area contributed by atoms with Gasteiger partial charge in [0.2, 0.25) is 0 Å². The molecule has 0 radical (unpaired) electrons. The van der Waals surface area contributed by atoms with Gasteiger partial charge in [0.25, 0.3) is 0 Å². The quantitative estimate of drug-likeness (QED) is 0.834. The van der Waals surface area contributed by atoms with Gasteiger partial charge in [-0.05, 0) is 18.2 Å². The number of fused-ring (bicyclic) bond motifs is 1. The van der Waals surface area contributed by atoms with Crippen LogP contribution in [0.15, 0.2) is 30.6 Å². The molecule has 5 heteroatoms. The summed E-state index contributed by atoms with van der Waals surface area (Å²) in [6, 6.07) is 5.87. The molecule has 1 aliphatic rings. The standard InChI is InChI=1S/C15H19N3O2/c1-19-15(5-7-20-10-15)9-18-14-3-2-13(16)12-8-17-6-4-11(12)14/h2-4,6,8,18H,5,7,9-10,16H2,1H3. The van der Waals surface area contributed by atoms with Crippen LogP contribution in [0.2, 0.25) is 0 Å². The van der Waals surface area contributed by atoms with E-state index >= 15 is 0 Å². The molecule has 1 aromatic heterocycles. The third-order valence-corrected chi connectivity index (χ3v) is 3.95. The molecule has 5 nitrogen and oxygen atoms in total. The second-order valence-corrected chi connectivity index (χ2v) is 5.17. The highest BCUT2D eigenvalue weighted by Crippen LogP contribution is 2.29. The predicted octanol–water partition coefficient (Wildman–Crippen LogP) is 2.03. The molecule has 0 amide bonds. The summed E-state index contributed by atoms with van der Waals surface area (Å²) in [5.41, 5.74) is 7.53. The highest BCUT2D eigenvalue weighted by Gasteiger charge is 2.34. The molecule has 3 rings (SSSR count). The summed E-state index contributed by atoms with van der Waals surface area (Å²) in [4.78, 5) is 4.13. The summed E-state index contributed by atoms with van der Waals surface area (Å²) in [5.74, 6) is 0. The van der Waals surface area contributed by atoms with E-state index in [4.69, 9.17) is 15.2 Å². The second kappa shape index (κ2) is 5.26. The first kappa shape index (κ1) is 13.1. The van der Waals surface area contributed by atoms with Crippen molar-refractivity contribution in [1.82, 2.24) is 4.98 Å². The third-order valence-electron chi connectivity index (χ3n) is 3.95. The molecule has 0 bridgehead atoms. The van der Waals surface area contributed by atoms with Gasteiger partial charge in [-0.25, -0.2) is 0 Å². The summed E-state index contributed by atoms with van der Waals surface area (Å²) in [5, 5.41) is 5.50. The third kappa shape index (κ3) is 2.30. The summed E-state index contributed by atoms with van der Waals surface area (Å²) < 4.78 is 11.1. The van der Waals surface area contributed by atoms with Gasteiger partial charge in [0.1, 0.15) is 5.60 Å². The maximum atomic E-state index is 5.98. The van der Waals surface area contributed by atoms with Crippen LogP contribution in [0.3, 0.4) is 0 Å². The van der Waals surface area contributed by atoms with E-state index in [0.29, 0.717) is 13.2 Å². The van der Waals surface area contributed by atoms with E-state index < -0.39 is 0 Å². The molecule has 1 aliphatic heterocycles. The number of nitrogen functional groups attached to an aromatic ring is 1. The van der Waals surface area contributed by atoms with Crippen molar-refractivity contribution in [3.63, 3.8) is 0 Å². The summed E-state index contributed by atoms with van der Waals surface area (Å²) in [6.45, 7) is 2.09. The summed E-state index contributed by atoms with van der Waals surface area (Å²) >= 11 is 0. The topological polar surface area (TPSA) is 69.4 Å². The molecule has 2 aromatic rings. The Hall–Kier alpha value is -1.85. The molecule has 0 spiro atoms. The number of nitrogens with two attached hydrogens (primary N) is 1. The molecule has 3 N–H and O–H groups in total. The first-order valence-corrected chi connectivity index (χ1v) is 6.73. The predicted molar refractivity (Wildman–Crippen MR) is 79.8 cm³/mol. The first-order chi connectivity index (χ1) is 9.74. The number of ether oxygens (including phenoxy) is 2. The van der Waals surface area contributed by atoms with E-state index in [2.05, 4.69) is 10.3 Å². The fraction of sp³-hybridized carbons (Fsp3) is 0.400. The van der Waals surface area contributed by atoms with Crippen molar-refractivity contribution in [2.24, 2.45) is 0 Å². The average molecular weight is 273 g/mol. The normalized spacial score (nSPS) is 22.2. The van der Waals surface area contributed by atoms with Crippen LogP contribution in [-0.4, -0.2) is 37.5 Å². The molecule has 1 unspecified atom stereocenters. The lowest BCUT2D eigenvalue weighted by Crippen LogP contribution is -2.39. The number of hydrogen-bond donors (Lipinski definition) is 2. The molecule has 106 valence electrons. The van der Waals surface area contributed by atoms with Crippen LogP contribution in [0, 0.1) is 0 Å². The molecule has 2 heterocycles. The Bertz CT molecular complexity index is 609. The minimum atomic E-state index is -0.235. The first-order valence-electron chi connectivity index (χ1n) is 6.73. The van der Waals surface area contributed by atoms with Crippen molar-refractivity contribution >= 4 is 22.1 Å². The van der Waals surface area contributed by atoms with E-state index in [-0.39, 0.29) is 5.60 Å². The van der Waals surface area contributed by atoms with Crippen molar-refractivity contribution in [2.75, 3.05) is 37.9 Å². The molecular formula is C15H19N3O2. The van der Waals surface area contributed by atoms with E-state index in [1.54, 1.807) is 19.5 Å². The number of hydrogen-bond acceptors (Lipinski definition) is 5. The number of nitrogens with one attached hydrogen (secondary N) is 1. The van der Waals surface area contributed by atoms with E-state index in [1.165, 1.54) is 0 Å². The van der Waals surface area contributed by atoms with Crippen LogP contribution in [-0.2, 0) is 9.47 Å². The van der Waals surface area contributed by atoms with Crippen LogP contribution < -0.4 is 11.1 Å². The number of pyridine rings is 1. The Morgan fingerprint density at radius 2 is 2.30 bits per heavy atom. The van der Waals surface area contributed by atoms with Crippen molar-refractivity contribution in [3.8, 4) is 0 Å². The van der Waals surface area contributed by atoms with Crippen molar-refractivity contribution in [3.05, 3.63) is 30.6 Å². The maximum absolute atomic E-state index is 5.98. The zero-order valence-corrected chi connectivity index (χ0v) is 11.6. The highest BCUT2D eigenvalue weighted by atomic mass is 16.5. The Morgan fingerprint density at radius 3 is 3.05 bits per heavy atom. The molecule has 1 saturated heterocycles. The number of rotatable bonds is 4. The molecule has 20 heavy (non-hydrogen) atoms. The Kier molecular flexibility index (Phi) is 3.46. The molecule has 0 saturated carbocycles. The fourth-order valence-electron chi connectivity index (χ4n) is 2.58. The van der Waals surface area contributed by atoms with Crippen LogP contribution in [0.4, 0.5) is 11.4 Å². The van der Waals surface area contributed by atoms with Crippen LogP contribution >= 0.6 is 0 Å². The molecule has 1 aromatic carbocycles. The Morgan fingerprint density at radius 1 is 1.40 bits per heavy atom. The van der Waals surface area contributed by atoms with Crippen molar-refractivity contribution in [1.29, 1.82) is 0 Å². The minimum absolute atomic E-state index is 0.235. The smallest absolute Gasteiger partial charge is 0.110 e. The van der Waals surface area contributed by atoms with Gasteiger partial charge in [-0.3, -0.25) is 4.98 Å². The SMILES string of the molecule is COC1(CNc2ccc(N)c3cnccc23)CCOC1. The van der Waals surface area contributed by atoms with Gasteiger partial charge in [-0.2, -0.15) is 0 Å². The Labute approximate surface area is 118 Å². The maximum Gasteiger partial charge on any atom is 0.110 e. The number of methoxy groups -OCH3 is 1.